The maximum absolute atomic E-state index is 11.5. The zero-order chi connectivity index (χ0) is 10.3. The van der Waals surface area contributed by atoms with Crippen molar-refractivity contribution in [3.63, 3.8) is 0 Å². The summed E-state index contributed by atoms with van der Waals surface area (Å²) in [5.41, 5.74) is 2.13. The van der Waals surface area contributed by atoms with E-state index in [4.69, 9.17) is 4.74 Å². The Morgan fingerprint density at radius 1 is 1.13 bits per heavy atom. The third-order valence-corrected chi connectivity index (χ3v) is 2.37. The van der Waals surface area contributed by atoms with Crippen LogP contribution >= 0.6 is 0 Å². The number of esters is 1. The Morgan fingerprint density at radius 3 is 2.67 bits per heavy atom. The van der Waals surface area contributed by atoms with Gasteiger partial charge in [-0.25, -0.2) is 4.79 Å². The van der Waals surface area contributed by atoms with Gasteiger partial charge in [-0.2, -0.15) is 0 Å². The number of rotatable bonds is 0. The normalized spacial score (nSPS) is 22.0. The van der Waals surface area contributed by atoms with Crippen LogP contribution in [-0.2, 0) is 4.74 Å². The van der Waals surface area contributed by atoms with Crippen LogP contribution in [0.2, 0.25) is 0 Å². The molecule has 0 fully saturated rings. The molecule has 0 unspecified atom stereocenters. The van der Waals surface area contributed by atoms with Crippen molar-refractivity contribution in [3.8, 4) is 0 Å². The van der Waals surface area contributed by atoms with Crippen LogP contribution in [-0.4, -0.2) is 12.2 Å². The summed E-state index contributed by atoms with van der Waals surface area (Å²) >= 11 is 0. The quantitative estimate of drug-likeness (QED) is 0.598. The van der Waals surface area contributed by atoms with Gasteiger partial charge in [0.1, 0.15) is 5.70 Å². The van der Waals surface area contributed by atoms with Crippen LogP contribution in [0, 0.1) is 0 Å². The molecule has 1 aromatic rings. The lowest BCUT2D eigenvalue weighted by Gasteiger charge is -1.98. The number of carbonyl (C=O) groups is 1. The number of cyclic esters (lactones) is 1. The van der Waals surface area contributed by atoms with Crippen molar-refractivity contribution in [2.24, 2.45) is 4.99 Å². The highest BCUT2D eigenvalue weighted by Crippen LogP contribution is 2.33. The molecule has 0 aliphatic carbocycles. The smallest absolute Gasteiger partial charge is 0.344 e. The van der Waals surface area contributed by atoms with Crippen molar-refractivity contribution in [1.82, 2.24) is 0 Å². The highest BCUT2D eigenvalue weighted by atomic mass is 16.5. The van der Waals surface area contributed by atoms with E-state index in [2.05, 4.69) is 4.99 Å². The highest BCUT2D eigenvalue weighted by molar-refractivity contribution is 6.04. The first-order valence-corrected chi connectivity index (χ1v) is 4.63. The maximum atomic E-state index is 11.5. The van der Waals surface area contributed by atoms with Crippen LogP contribution in [0.15, 0.2) is 47.1 Å². The molecule has 3 rings (SSSR count). The number of aliphatic imine (C=N–C) groups is 1. The van der Waals surface area contributed by atoms with Crippen LogP contribution in [0.3, 0.4) is 0 Å². The summed E-state index contributed by atoms with van der Waals surface area (Å²) in [6.07, 6.45) is 5.32. The Morgan fingerprint density at radius 2 is 1.93 bits per heavy atom. The fourth-order valence-electron chi connectivity index (χ4n) is 1.69. The SMILES string of the molecule is O=C1OC(=C2C=CC=N2)c2ccccc21. The Kier molecular flexibility index (Phi) is 1.59. The van der Waals surface area contributed by atoms with E-state index in [1.807, 2.05) is 30.4 Å². The molecule has 0 aromatic heterocycles. The molecule has 0 bridgehead atoms. The van der Waals surface area contributed by atoms with Gasteiger partial charge in [0, 0.05) is 11.8 Å². The van der Waals surface area contributed by atoms with Gasteiger partial charge < -0.3 is 4.74 Å². The largest absolute Gasteiger partial charge is 0.420 e. The van der Waals surface area contributed by atoms with Crippen LogP contribution in [0.4, 0.5) is 0 Å². The zero-order valence-corrected chi connectivity index (χ0v) is 7.81. The topological polar surface area (TPSA) is 38.7 Å². The second kappa shape index (κ2) is 2.92. The molecule has 3 heteroatoms. The average Bonchev–Trinajstić information content (AvgIpc) is 2.87. The van der Waals surface area contributed by atoms with Gasteiger partial charge >= 0.3 is 5.97 Å². The fraction of sp³-hybridized carbons (Fsp3) is 0. The van der Waals surface area contributed by atoms with Crippen LogP contribution in [0.25, 0.3) is 5.76 Å². The molecule has 0 N–H and O–H groups in total. The Balaban J connectivity index is 2.25. The van der Waals surface area contributed by atoms with E-state index < -0.39 is 0 Å². The minimum atomic E-state index is -0.302. The van der Waals surface area contributed by atoms with Crippen molar-refractivity contribution < 1.29 is 9.53 Å². The Bertz CT molecular complexity index is 524. The first-order valence-electron chi connectivity index (χ1n) is 4.63. The van der Waals surface area contributed by atoms with Gasteiger partial charge in [-0.05, 0) is 18.2 Å². The maximum Gasteiger partial charge on any atom is 0.344 e. The second-order valence-electron chi connectivity index (χ2n) is 3.29. The van der Waals surface area contributed by atoms with Crippen molar-refractivity contribution >= 4 is 17.9 Å². The fourth-order valence-corrected chi connectivity index (χ4v) is 1.69. The highest BCUT2D eigenvalue weighted by Gasteiger charge is 2.28. The molecular weight excluding hydrogens is 190 g/mol. The minimum Gasteiger partial charge on any atom is -0.420 e. The monoisotopic (exact) mass is 197 g/mol. The lowest BCUT2D eigenvalue weighted by Crippen LogP contribution is -1.92. The lowest BCUT2D eigenvalue weighted by atomic mass is 10.1. The molecule has 72 valence electrons. The van der Waals surface area contributed by atoms with Crippen LogP contribution in [0.5, 0.6) is 0 Å². The number of fused-ring (bicyclic) bond motifs is 1. The second-order valence-corrected chi connectivity index (χ2v) is 3.29. The molecule has 2 aliphatic rings. The van der Waals surface area contributed by atoms with E-state index in [0.717, 1.165) is 5.56 Å². The number of hydrogen-bond donors (Lipinski definition) is 0. The predicted molar refractivity (Wildman–Crippen MR) is 56.4 cm³/mol. The number of ether oxygens (including phenoxy) is 1. The summed E-state index contributed by atoms with van der Waals surface area (Å²) in [5.74, 6) is 0.254. The molecule has 0 spiro atoms. The number of benzene rings is 1. The lowest BCUT2D eigenvalue weighted by molar-refractivity contribution is 0.0714. The van der Waals surface area contributed by atoms with Crippen molar-refractivity contribution in [2.45, 2.75) is 0 Å². The van der Waals surface area contributed by atoms with Gasteiger partial charge in [-0.15, -0.1) is 0 Å². The minimum absolute atomic E-state index is 0.302. The van der Waals surface area contributed by atoms with Crippen LogP contribution in [0.1, 0.15) is 15.9 Å². The molecule has 15 heavy (non-hydrogen) atoms. The number of hydrogen-bond acceptors (Lipinski definition) is 3. The molecule has 0 saturated heterocycles. The molecular formula is C12H7NO2. The average molecular weight is 197 g/mol. The zero-order valence-electron chi connectivity index (χ0n) is 7.81. The van der Waals surface area contributed by atoms with Crippen molar-refractivity contribution in [2.75, 3.05) is 0 Å². The summed E-state index contributed by atoms with van der Waals surface area (Å²) in [7, 11) is 0. The Labute approximate surface area is 86.4 Å². The molecule has 0 radical (unpaired) electrons. The summed E-state index contributed by atoms with van der Waals surface area (Å²) < 4.78 is 5.19. The number of carbonyl (C=O) groups excluding carboxylic acids is 1. The van der Waals surface area contributed by atoms with E-state index in [0.29, 0.717) is 17.0 Å². The van der Waals surface area contributed by atoms with Crippen LogP contribution < -0.4 is 0 Å². The first-order chi connectivity index (χ1) is 7.36. The molecule has 0 amide bonds. The van der Waals surface area contributed by atoms with Gasteiger partial charge in [0.2, 0.25) is 0 Å². The molecule has 0 saturated carbocycles. The van der Waals surface area contributed by atoms with Gasteiger partial charge in [0.25, 0.3) is 0 Å². The number of allylic oxidation sites excluding steroid dienone is 2. The van der Waals surface area contributed by atoms with Crippen molar-refractivity contribution in [1.29, 1.82) is 0 Å². The van der Waals surface area contributed by atoms with Gasteiger partial charge in [-0.1, -0.05) is 18.2 Å². The van der Waals surface area contributed by atoms with E-state index in [-0.39, 0.29) is 5.97 Å². The van der Waals surface area contributed by atoms with E-state index >= 15 is 0 Å². The molecule has 2 aliphatic heterocycles. The summed E-state index contributed by atoms with van der Waals surface area (Å²) in [5, 5.41) is 0. The third-order valence-electron chi connectivity index (χ3n) is 2.37. The van der Waals surface area contributed by atoms with Gasteiger partial charge in [-0.3, -0.25) is 4.99 Å². The van der Waals surface area contributed by atoms with E-state index in [1.165, 1.54) is 0 Å². The summed E-state index contributed by atoms with van der Waals surface area (Å²) in [6.45, 7) is 0. The van der Waals surface area contributed by atoms with E-state index in [9.17, 15) is 4.79 Å². The van der Waals surface area contributed by atoms with E-state index in [1.54, 1.807) is 12.3 Å². The summed E-state index contributed by atoms with van der Waals surface area (Å²) in [4.78, 5) is 15.6. The summed E-state index contributed by atoms with van der Waals surface area (Å²) in [6, 6.07) is 7.32. The number of nitrogens with zero attached hydrogens (tertiary/aromatic N) is 1. The molecule has 2 heterocycles. The third kappa shape index (κ3) is 1.13. The van der Waals surface area contributed by atoms with Gasteiger partial charge in [0.05, 0.1) is 5.56 Å². The van der Waals surface area contributed by atoms with Crippen molar-refractivity contribution in [3.05, 3.63) is 53.2 Å². The predicted octanol–water partition coefficient (Wildman–Crippen LogP) is 2.17. The Hall–Kier alpha value is -2.16. The first kappa shape index (κ1) is 8.17. The molecule has 0 atom stereocenters. The molecule has 3 nitrogen and oxygen atoms in total. The van der Waals surface area contributed by atoms with Gasteiger partial charge in [0.15, 0.2) is 5.76 Å². The standard InChI is InChI=1S/C12H7NO2/c14-12-9-5-2-1-4-8(9)11(15-12)10-6-3-7-13-10/h1-7H. The molecule has 1 aromatic carbocycles.